The first kappa shape index (κ1) is 57.1. The van der Waals surface area contributed by atoms with Crippen LogP contribution in [0.25, 0.3) is 0 Å². The summed E-state index contributed by atoms with van der Waals surface area (Å²) in [5.41, 5.74) is 0. The Bertz CT molecular complexity index is 1130. The maximum atomic E-state index is 12.8. The summed E-state index contributed by atoms with van der Waals surface area (Å²) in [6.45, 7) is 7.57. The van der Waals surface area contributed by atoms with Crippen LogP contribution in [0.3, 0.4) is 0 Å². The standard InChI is InChI=1S/C55H94O5/c1-4-7-10-13-16-19-22-25-26-27-28-29-32-35-38-41-44-47-50-58-51-53(60-55(57)49-46-43-40-37-34-31-24-21-18-15-12-9-6-3)52-59-54(56)48-45-42-39-36-33-30-23-20-17-14-11-8-5-2/h8,11,16-17,19-21,24-26,30,33,39,42,53H,4-7,9-10,12-15,18,22-23,27-29,31-32,34-38,40-41,43-52H2,1-3H3/b11-8-,19-16-,20-17-,24-21-,26-25-,33-30-,42-39-. The summed E-state index contributed by atoms with van der Waals surface area (Å²) in [6.07, 6.45) is 66.0. The van der Waals surface area contributed by atoms with Gasteiger partial charge in [-0.25, -0.2) is 0 Å². The van der Waals surface area contributed by atoms with E-state index in [4.69, 9.17) is 14.2 Å². The molecule has 60 heavy (non-hydrogen) atoms. The Morgan fingerprint density at radius 1 is 0.383 bits per heavy atom. The molecule has 0 heterocycles. The Kier molecular flexibility index (Phi) is 48.0. The second-order valence-corrected chi connectivity index (χ2v) is 16.3. The Balaban J connectivity index is 4.36. The zero-order valence-electron chi connectivity index (χ0n) is 39.5. The average molecular weight is 835 g/mol. The van der Waals surface area contributed by atoms with Gasteiger partial charge in [0.15, 0.2) is 6.10 Å². The van der Waals surface area contributed by atoms with Crippen LogP contribution in [0.2, 0.25) is 0 Å². The molecule has 0 aromatic carbocycles. The van der Waals surface area contributed by atoms with Crippen molar-refractivity contribution in [3.8, 4) is 0 Å². The molecule has 0 aromatic heterocycles. The summed E-state index contributed by atoms with van der Waals surface area (Å²) < 4.78 is 17.3. The van der Waals surface area contributed by atoms with Crippen molar-refractivity contribution in [2.75, 3.05) is 19.8 Å². The summed E-state index contributed by atoms with van der Waals surface area (Å²) in [5.74, 6) is -0.506. The molecule has 5 heteroatoms. The molecule has 0 saturated carbocycles. The zero-order chi connectivity index (χ0) is 43.5. The lowest BCUT2D eigenvalue weighted by Crippen LogP contribution is -2.30. The van der Waals surface area contributed by atoms with Crippen molar-refractivity contribution in [3.05, 3.63) is 85.1 Å². The minimum Gasteiger partial charge on any atom is -0.462 e. The molecule has 0 N–H and O–H groups in total. The molecule has 0 saturated heterocycles. The van der Waals surface area contributed by atoms with Crippen LogP contribution < -0.4 is 0 Å². The van der Waals surface area contributed by atoms with E-state index in [2.05, 4.69) is 99.8 Å². The van der Waals surface area contributed by atoms with Crippen LogP contribution >= 0.6 is 0 Å². The van der Waals surface area contributed by atoms with Crippen LogP contribution in [0.1, 0.15) is 226 Å². The van der Waals surface area contributed by atoms with Crippen LogP contribution in [0, 0.1) is 0 Å². The molecule has 0 radical (unpaired) electrons. The van der Waals surface area contributed by atoms with Gasteiger partial charge in [-0.15, -0.1) is 0 Å². The number of rotatable bonds is 45. The second-order valence-electron chi connectivity index (χ2n) is 16.3. The van der Waals surface area contributed by atoms with Gasteiger partial charge in [-0.3, -0.25) is 9.59 Å². The zero-order valence-corrected chi connectivity index (χ0v) is 39.5. The van der Waals surface area contributed by atoms with Crippen LogP contribution in [-0.4, -0.2) is 37.9 Å². The van der Waals surface area contributed by atoms with E-state index in [1.807, 2.05) is 6.08 Å². The van der Waals surface area contributed by atoms with Gasteiger partial charge in [0.25, 0.3) is 0 Å². The van der Waals surface area contributed by atoms with Crippen molar-refractivity contribution < 1.29 is 23.8 Å². The molecule has 0 fully saturated rings. The smallest absolute Gasteiger partial charge is 0.306 e. The quantitative estimate of drug-likeness (QED) is 0.0347. The van der Waals surface area contributed by atoms with Crippen molar-refractivity contribution >= 4 is 11.9 Å². The van der Waals surface area contributed by atoms with Crippen molar-refractivity contribution in [3.63, 3.8) is 0 Å². The molecular weight excluding hydrogens is 741 g/mol. The van der Waals surface area contributed by atoms with Gasteiger partial charge < -0.3 is 14.2 Å². The average Bonchev–Trinajstić information content (AvgIpc) is 3.25. The van der Waals surface area contributed by atoms with E-state index in [1.165, 1.54) is 116 Å². The van der Waals surface area contributed by atoms with Crippen molar-refractivity contribution in [2.24, 2.45) is 0 Å². The first-order chi connectivity index (χ1) is 29.6. The highest BCUT2D eigenvalue weighted by Gasteiger charge is 2.17. The van der Waals surface area contributed by atoms with Crippen molar-refractivity contribution in [1.82, 2.24) is 0 Å². The highest BCUT2D eigenvalue weighted by atomic mass is 16.6. The largest absolute Gasteiger partial charge is 0.462 e. The fourth-order valence-electron chi connectivity index (χ4n) is 6.66. The minimum atomic E-state index is -0.575. The number of hydrogen-bond donors (Lipinski definition) is 0. The lowest BCUT2D eigenvalue weighted by atomic mass is 10.1. The second kappa shape index (κ2) is 50.4. The summed E-state index contributed by atoms with van der Waals surface area (Å²) >= 11 is 0. The monoisotopic (exact) mass is 835 g/mol. The fourth-order valence-corrected chi connectivity index (χ4v) is 6.66. The number of esters is 2. The molecule has 0 aliphatic carbocycles. The third-order valence-corrected chi connectivity index (χ3v) is 10.4. The van der Waals surface area contributed by atoms with Gasteiger partial charge in [0.05, 0.1) is 6.61 Å². The van der Waals surface area contributed by atoms with Crippen LogP contribution in [0.4, 0.5) is 0 Å². The van der Waals surface area contributed by atoms with Gasteiger partial charge in [-0.1, -0.05) is 196 Å². The molecule has 1 unspecified atom stereocenters. The Hall–Kier alpha value is -2.92. The Morgan fingerprint density at radius 2 is 0.783 bits per heavy atom. The number of carbonyl (C=O) groups excluding carboxylic acids is 2. The molecule has 0 aliphatic rings. The maximum Gasteiger partial charge on any atom is 0.306 e. The van der Waals surface area contributed by atoms with E-state index in [0.717, 1.165) is 70.6 Å². The molecular formula is C55H94O5. The highest BCUT2D eigenvalue weighted by molar-refractivity contribution is 5.70. The fraction of sp³-hybridized carbons (Fsp3) is 0.709. The molecule has 0 rings (SSSR count). The Labute approximate surface area is 371 Å². The summed E-state index contributed by atoms with van der Waals surface area (Å²) in [7, 11) is 0. The molecule has 1 atom stereocenters. The predicted molar refractivity (Wildman–Crippen MR) is 260 cm³/mol. The normalized spacial score (nSPS) is 12.9. The Morgan fingerprint density at radius 3 is 1.32 bits per heavy atom. The van der Waals surface area contributed by atoms with E-state index in [-0.39, 0.29) is 25.2 Å². The van der Waals surface area contributed by atoms with Crippen molar-refractivity contribution in [2.45, 2.75) is 232 Å². The molecule has 0 spiro atoms. The van der Waals surface area contributed by atoms with E-state index in [0.29, 0.717) is 25.9 Å². The van der Waals surface area contributed by atoms with Crippen LogP contribution in [-0.2, 0) is 23.8 Å². The van der Waals surface area contributed by atoms with E-state index >= 15 is 0 Å². The van der Waals surface area contributed by atoms with Crippen LogP contribution in [0.5, 0.6) is 0 Å². The van der Waals surface area contributed by atoms with Gasteiger partial charge >= 0.3 is 11.9 Å². The van der Waals surface area contributed by atoms with E-state index < -0.39 is 6.10 Å². The lowest BCUT2D eigenvalue weighted by molar-refractivity contribution is -0.162. The summed E-state index contributed by atoms with van der Waals surface area (Å²) in [6, 6.07) is 0. The van der Waals surface area contributed by atoms with Gasteiger partial charge in [-0.2, -0.15) is 0 Å². The summed E-state index contributed by atoms with van der Waals surface area (Å²) in [5, 5.41) is 0. The maximum absolute atomic E-state index is 12.8. The van der Waals surface area contributed by atoms with E-state index in [1.54, 1.807) is 0 Å². The van der Waals surface area contributed by atoms with Gasteiger partial charge in [0.1, 0.15) is 6.61 Å². The number of hydrogen-bond acceptors (Lipinski definition) is 5. The van der Waals surface area contributed by atoms with Gasteiger partial charge in [-0.05, 0) is 103 Å². The van der Waals surface area contributed by atoms with Gasteiger partial charge in [0.2, 0.25) is 0 Å². The number of allylic oxidation sites excluding steroid dienone is 14. The molecule has 5 nitrogen and oxygen atoms in total. The van der Waals surface area contributed by atoms with E-state index in [9.17, 15) is 9.59 Å². The predicted octanol–water partition coefficient (Wildman–Crippen LogP) is 16.9. The lowest BCUT2D eigenvalue weighted by Gasteiger charge is -2.18. The molecule has 0 aliphatic heterocycles. The molecule has 0 bridgehead atoms. The first-order valence-corrected chi connectivity index (χ1v) is 25.1. The third-order valence-electron chi connectivity index (χ3n) is 10.4. The molecule has 0 aromatic rings. The highest BCUT2D eigenvalue weighted by Crippen LogP contribution is 2.13. The minimum absolute atomic E-state index is 0.0386. The number of ether oxygens (including phenoxy) is 3. The molecule has 344 valence electrons. The van der Waals surface area contributed by atoms with Crippen LogP contribution in [0.15, 0.2) is 85.1 Å². The SMILES string of the molecule is CC/C=C\C/C=C\C/C=C\C/C=C\CCC(=O)OCC(COCCCCCCCCCC/C=C\C/C=C\CCCCC)OC(=O)CCCCCCC/C=C\CCCCCC. The number of unbranched alkanes of at least 4 members (excludes halogenated alkanes) is 20. The van der Waals surface area contributed by atoms with Crippen molar-refractivity contribution in [1.29, 1.82) is 0 Å². The summed E-state index contributed by atoms with van der Waals surface area (Å²) in [4.78, 5) is 25.3. The molecule has 0 amide bonds. The third kappa shape index (κ3) is 47.8. The van der Waals surface area contributed by atoms with Gasteiger partial charge in [0, 0.05) is 19.4 Å². The first-order valence-electron chi connectivity index (χ1n) is 25.1. The topological polar surface area (TPSA) is 61.8 Å². The number of carbonyl (C=O) groups is 2.